The van der Waals surface area contributed by atoms with Crippen molar-refractivity contribution in [1.82, 2.24) is 9.97 Å². The Morgan fingerprint density at radius 3 is 2.97 bits per heavy atom. The van der Waals surface area contributed by atoms with E-state index >= 15 is 0 Å². The van der Waals surface area contributed by atoms with Crippen molar-refractivity contribution in [3.63, 3.8) is 0 Å². The molecule has 1 unspecified atom stereocenters. The van der Waals surface area contributed by atoms with Gasteiger partial charge in [-0.1, -0.05) is 24.0 Å². The van der Waals surface area contributed by atoms with Crippen LogP contribution in [0.5, 0.6) is 5.75 Å². The zero-order chi connectivity index (χ0) is 21.5. The fourth-order valence-electron chi connectivity index (χ4n) is 4.36. The van der Waals surface area contributed by atoms with Crippen molar-refractivity contribution in [2.24, 2.45) is 0 Å². The minimum atomic E-state index is 0.293. The smallest absolute Gasteiger partial charge is 0.143 e. The molecule has 0 amide bonds. The van der Waals surface area contributed by atoms with Gasteiger partial charge in [0.25, 0.3) is 0 Å². The van der Waals surface area contributed by atoms with E-state index in [4.69, 9.17) is 15.2 Å². The summed E-state index contributed by atoms with van der Waals surface area (Å²) in [5, 5.41) is 0.991. The molecule has 158 valence electrons. The lowest BCUT2D eigenvalue weighted by molar-refractivity contribution is 0.0705. The highest BCUT2D eigenvalue weighted by molar-refractivity contribution is 5.87. The van der Waals surface area contributed by atoms with Gasteiger partial charge in [0.2, 0.25) is 0 Å². The summed E-state index contributed by atoms with van der Waals surface area (Å²) in [7, 11) is 0. The normalized spacial score (nSPS) is 17.1. The first-order valence-corrected chi connectivity index (χ1v) is 10.7. The van der Waals surface area contributed by atoms with Gasteiger partial charge in [-0.2, -0.15) is 0 Å². The lowest BCUT2D eigenvalue weighted by Crippen LogP contribution is -2.51. The zero-order valence-corrected chi connectivity index (χ0v) is 17.5. The summed E-state index contributed by atoms with van der Waals surface area (Å²) < 4.78 is 11.7. The van der Waals surface area contributed by atoms with E-state index in [0.717, 1.165) is 57.9 Å². The van der Waals surface area contributed by atoms with E-state index in [9.17, 15) is 0 Å². The number of morpholine rings is 1. The Labute approximate surface area is 186 Å². The quantitative estimate of drug-likeness (QED) is 0.360. The molecule has 6 nitrogen and oxygen atoms in total. The Morgan fingerprint density at radius 1 is 1.06 bits per heavy atom. The molecule has 2 aromatic carbocycles. The molecule has 0 radical (unpaired) electrons. The SMILES string of the molecule is Nc1cccc(C#Cc2c[nH]c3ncc(-c4ccc5c(c4)OCC4COCCN54)cc23)c1. The van der Waals surface area contributed by atoms with Gasteiger partial charge in [0.15, 0.2) is 0 Å². The summed E-state index contributed by atoms with van der Waals surface area (Å²) in [6.45, 7) is 3.02. The van der Waals surface area contributed by atoms with E-state index in [1.54, 1.807) is 0 Å². The van der Waals surface area contributed by atoms with E-state index in [2.05, 4.69) is 51.0 Å². The predicted molar refractivity (Wildman–Crippen MR) is 126 cm³/mol. The van der Waals surface area contributed by atoms with Crippen LogP contribution in [0.3, 0.4) is 0 Å². The second-order valence-corrected chi connectivity index (χ2v) is 8.11. The third kappa shape index (κ3) is 3.33. The van der Waals surface area contributed by atoms with E-state index in [-0.39, 0.29) is 0 Å². The van der Waals surface area contributed by atoms with Gasteiger partial charge < -0.3 is 25.1 Å². The van der Waals surface area contributed by atoms with Gasteiger partial charge in [-0.25, -0.2) is 4.98 Å². The number of anilines is 2. The molecule has 2 aliphatic heterocycles. The van der Waals surface area contributed by atoms with Crippen LogP contribution in [0, 0.1) is 11.8 Å². The Hall–Kier alpha value is -3.95. The average Bonchev–Trinajstić information content (AvgIpc) is 3.24. The number of benzene rings is 2. The number of nitrogens with two attached hydrogens (primary N) is 1. The number of aromatic amines is 1. The van der Waals surface area contributed by atoms with Crippen molar-refractivity contribution in [2.75, 3.05) is 37.0 Å². The molecule has 0 spiro atoms. The Kier molecular flexibility index (Phi) is 4.48. The zero-order valence-electron chi connectivity index (χ0n) is 17.5. The number of nitrogens with one attached hydrogen (secondary N) is 1. The van der Waals surface area contributed by atoms with Crippen molar-refractivity contribution >= 4 is 22.4 Å². The number of ether oxygens (including phenoxy) is 2. The molecule has 3 N–H and O–H groups in total. The molecule has 1 saturated heterocycles. The highest BCUT2D eigenvalue weighted by Gasteiger charge is 2.30. The maximum Gasteiger partial charge on any atom is 0.143 e. The first kappa shape index (κ1) is 18.8. The number of rotatable bonds is 1. The maximum absolute atomic E-state index is 6.07. The second kappa shape index (κ2) is 7.63. The fourth-order valence-corrected chi connectivity index (χ4v) is 4.36. The minimum absolute atomic E-state index is 0.293. The Bertz CT molecular complexity index is 1380. The molecule has 2 aromatic heterocycles. The Balaban J connectivity index is 1.35. The highest BCUT2D eigenvalue weighted by atomic mass is 16.5. The van der Waals surface area contributed by atoms with Gasteiger partial charge in [-0.3, -0.25) is 0 Å². The van der Waals surface area contributed by atoms with Gasteiger partial charge >= 0.3 is 0 Å². The minimum Gasteiger partial charge on any atom is -0.489 e. The molecule has 6 rings (SSSR count). The molecular formula is C26H22N4O2. The van der Waals surface area contributed by atoms with Gasteiger partial charge in [-0.15, -0.1) is 0 Å². The van der Waals surface area contributed by atoms with Crippen LogP contribution in [0.15, 0.2) is 60.9 Å². The summed E-state index contributed by atoms with van der Waals surface area (Å²) in [5.41, 5.74) is 12.4. The van der Waals surface area contributed by atoms with Gasteiger partial charge in [0, 0.05) is 41.1 Å². The number of nitrogen functional groups attached to an aromatic ring is 1. The molecule has 4 aromatic rings. The molecule has 0 bridgehead atoms. The van der Waals surface area contributed by atoms with Crippen LogP contribution >= 0.6 is 0 Å². The first-order valence-electron chi connectivity index (χ1n) is 10.7. The van der Waals surface area contributed by atoms with Gasteiger partial charge in [-0.05, 0) is 42.0 Å². The van der Waals surface area contributed by atoms with Crippen molar-refractivity contribution in [3.8, 4) is 28.7 Å². The van der Waals surface area contributed by atoms with Crippen LogP contribution in [0.1, 0.15) is 11.1 Å². The largest absolute Gasteiger partial charge is 0.489 e. The Morgan fingerprint density at radius 2 is 2.03 bits per heavy atom. The third-order valence-corrected chi connectivity index (χ3v) is 6.02. The fraction of sp³-hybridized carbons (Fsp3) is 0.192. The van der Waals surface area contributed by atoms with Crippen LogP contribution in [-0.4, -0.2) is 42.4 Å². The second-order valence-electron chi connectivity index (χ2n) is 8.11. The third-order valence-electron chi connectivity index (χ3n) is 6.02. The molecule has 1 fully saturated rings. The molecular weight excluding hydrogens is 400 g/mol. The topological polar surface area (TPSA) is 76.4 Å². The van der Waals surface area contributed by atoms with Crippen molar-refractivity contribution < 1.29 is 9.47 Å². The monoisotopic (exact) mass is 422 g/mol. The lowest BCUT2D eigenvalue weighted by Gasteiger charge is -2.41. The molecule has 4 heterocycles. The first-order chi connectivity index (χ1) is 15.7. The van der Waals surface area contributed by atoms with Crippen LogP contribution in [-0.2, 0) is 4.74 Å². The molecule has 0 saturated carbocycles. The number of aromatic nitrogens is 2. The molecule has 2 aliphatic rings. The molecule has 6 heteroatoms. The van der Waals surface area contributed by atoms with Crippen molar-refractivity contribution in [3.05, 3.63) is 72.1 Å². The molecule has 32 heavy (non-hydrogen) atoms. The summed E-state index contributed by atoms with van der Waals surface area (Å²) in [5.74, 6) is 7.36. The standard InChI is InChI=1S/C26H22N4O2/c27-21-3-1-2-17(10-21)4-5-19-13-28-26-23(19)11-20(14-29-26)18-6-7-24-25(12-18)32-16-22-15-31-9-8-30(22)24/h1-3,6-7,10-14,22H,8-9,15-16,27H2,(H,28,29). The summed E-state index contributed by atoms with van der Waals surface area (Å²) in [4.78, 5) is 10.2. The van der Waals surface area contributed by atoms with Crippen LogP contribution in [0.25, 0.3) is 22.2 Å². The number of pyridine rings is 1. The van der Waals surface area contributed by atoms with E-state index in [1.165, 1.54) is 0 Å². The van der Waals surface area contributed by atoms with Crippen molar-refractivity contribution in [2.45, 2.75) is 6.04 Å². The number of hydrogen-bond donors (Lipinski definition) is 2. The van der Waals surface area contributed by atoms with Crippen LogP contribution in [0.2, 0.25) is 0 Å². The van der Waals surface area contributed by atoms with Crippen LogP contribution < -0.4 is 15.4 Å². The maximum atomic E-state index is 6.07. The lowest BCUT2D eigenvalue weighted by atomic mass is 10.0. The van der Waals surface area contributed by atoms with E-state index in [0.29, 0.717) is 24.9 Å². The van der Waals surface area contributed by atoms with Gasteiger partial charge in [0.1, 0.15) is 18.0 Å². The predicted octanol–water partition coefficient (Wildman–Crippen LogP) is 3.81. The highest BCUT2D eigenvalue weighted by Crippen LogP contribution is 2.38. The number of nitrogens with zero attached hydrogens (tertiary/aromatic N) is 2. The number of hydrogen-bond acceptors (Lipinski definition) is 5. The summed E-state index contributed by atoms with van der Waals surface area (Å²) in [6, 6.07) is 16.4. The summed E-state index contributed by atoms with van der Waals surface area (Å²) in [6.07, 6.45) is 3.78. The number of fused-ring (bicyclic) bond motifs is 4. The van der Waals surface area contributed by atoms with Crippen molar-refractivity contribution in [1.29, 1.82) is 0 Å². The molecule has 0 aliphatic carbocycles. The number of H-pyrrole nitrogens is 1. The van der Waals surface area contributed by atoms with E-state index in [1.807, 2.05) is 36.7 Å². The van der Waals surface area contributed by atoms with Crippen LogP contribution in [0.4, 0.5) is 11.4 Å². The van der Waals surface area contributed by atoms with Gasteiger partial charge in [0.05, 0.1) is 30.5 Å². The summed E-state index contributed by atoms with van der Waals surface area (Å²) >= 11 is 0. The van der Waals surface area contributed by atoms with E-state index < -0.39 is 0 Å². The molecule has 1 atom stereocenters. The average molecular weight is 422 g/mol.